The number of rotatable bonds is 4. The first-order valence-electron chi connectivity index (χ1n) is 5.08. The lowest BCUT2D eigenvalue weighted by Gasteiger charge is -2.16. The van der Waals surface area contributed by atoms with E-state index in [-0.39, 0.29) is 0 Å². The molecule has 6 heteroatoms. The summed E-state index contributed by atoms with van der Waals surface area (Å²) in [5.41, 5.74) is 8.60. The largest absolute Gasteiger partial charge is 0.387 e. The van der Waals surface area contributed by atoms with Crippen LogP contribution in [-0.4, -0.2) is 28.0 Å². The van der Waals surface area contributed by atoms with Crippen molar-refractivity contribution in [1.29, 1.82) is 0 Å². The van der Waals surface area contributed by atoms with Crippen molar-refractivity contribution in [2.45, 2.75) is 12.1 Å². The van der Waals surface area contributed by atoms with E-state index in [1.807, 2.05) is 12.1 Å². The lowest BCUT2D eigenvalue weighted by Crippen LogP contribution is -2.30. The monoisotopic (exact) mass is 253 g/mol. The van der Waals surface area contributed by atoms with Crippen molar-refractivity contribution in [2.24, 2.45) is 5.73 Å². The molecule has 0 fully saturated rings. The van der Waals surface area contributed by atoms with Crippen LogP contribution in [0.4, 0.5) is 4.39 Å². The van der Waals surface area contributed by atoms with E-state index in [0.29, 0.717) is 5.56 Å². The van der Waals surface area contributed by atoms with Crippen molar-refractivity contribution in [3.8, 4) is 10.6 Å². The molecule has 1 aromatic carbocycles. The summed E-state index contributed by atoms with van der Waals surface area (Å²) in [7, 11) is 0. The van der Waals surface area contributed by atoms with E-state index in [4.69, 9.17) is 5.73 Å². The number of aliphatic hydroxyl groups is 1. The second kappa shape index (κ2) is 5.31. The number of aliphatic hydroxyl groups excluding tert-OH is 1. The third kappa shape index (κ3) is 2.66. The maximum absolute atomic E-state index is 12.3. The number of nitrogens with zero attached hydrogens (tertiary/aromatic N) is 2. The molecular weight excluding hydrogens is 241 g/mol. The molecule has 2 rings (SSSR count). The molecule has 0 aliphatic heterocycles. The zero-order chi connectivity index (χ0) is 12.3. The molecule has 0 aliphatic carbocycles. The van der Waals surface area contributed by atoms with Crippen molar-refractivity contribution < 1.29 is 9.50 Å². The summed E-state index contributed by atoms with van der Waals surface area (Å²) < 4.78 is 12.3. The van der Waals surface area contributed by atoms with Crippen molar-refractivity contribution in [2.75, 3.05) is 6.67 Å². The Kier molecular flexibility index (Phi) is 3.78. The summed E-state index contributed by atoms with van der Waals surface area (Å²) in [5, 5.41) is 18.2. The van der Waals surface area contributed by atoms with Crippen LogP contribution in [0.2, 0.25) is 0 Å². The molecule has 0 unspecified atom stereocenters. The molecule has 2 aromatic rings. The molecule has 4 nitrogen and oxygen atoms in total. The highest BCUT2D eigenvalue weighted by atomic mass is 32.1. The van der Waals surface area contributed by atoms with E-state index in [9.17, 15) is 9.50 Å². The summed E-state index contributed by atoms with van der Waals surface area (Å²) in [6, 6.07) is 6.17. The van der Waals surface area contributed by atoms with Gasteiger partial charge < -0.3 is 10.8 Å². The Balaban J connectivity index is 2.18. The van der Waals surface area contributed by atoms with Crippen LogP contribution < -0.4 is 5.73 Å². The standard InChI is InChI=1S/C11H12FN3OS/c12-5-9(13)10(16)7-1-3-8(4-2-7)11-15-14-6-17-11/h1-4,6,9-10,16H,5,13H2/t9-,10-/m1/s1. The van der Waals surface area contributed by atoms with E-state index >= 15 is 0 Å². The van der Waals surface area contributed by atoms with Crippen molar-refractivity contribution in [3.63, 3.8) is 0 Å². The van der Waals surface area contributed by atoms with Gasteiger partial charge in [-0.3, -0.25) is 0 Å². The van der Waals surface area contributed by atoms with Gasteiger partial charge in [-0.15, -0.1) is 10.2 Å². The van der Waals surface area contributed by atoms with Gasteiger partial charge >= 0.3 is 0 Å². The minimum absolute atomic E-state index is 0.600. The van der Waals surface area contributed by atoms with E-state index in [0.717, 1.165) is 10.6 Å². The molecule has 0 amide bonds. The van der Waals surface area contributed by atoms with Gasteiger partial charge in [0.15, 0.2) is 0 Å². The van der Waals surface area contributed by atoms with Crippen molar-refractivity contribution in [3.05, 3.63) is 35.3 Å². The van der Waals surface area contributed by atoms with Gasteiger partial charge in [-0.1, -0.05) is 35.6 Å². The summed E-state index contributed by atoms with van der Waals surface area (Å²) in [6.07, 6.45) is -0.983. The average Bonchev–Trinajstić information content (AvgIpc) is 2.91. The molecule has 0 radical (unpaired) electrons. The van der Waals surface area contributed by atoms with E-state index in [1.54, 1.807) is 17.6 Å². The smallest absolute Gasteiger partial charge is 0.147 e. The van der Waals surface area contributed by atoms with Crippen molar-refractivity contribution >= 4 is 11.3 Å². The van der Waals surface area contributed by atoms with Gasteiger partial charge in [0, 0.05) is 5.56 Å². The molecule has 0 bridgehead atoms. The second-order valence-electron chi connectivity index (χ2n) is 3.63. The van der Waals surface area contributed by atoms with E-state index in [1.165, 1.54) is 11.3 Å². The van der Waals surface area contributed by atoms with Gasteiger partial charge in [0.2, 0.25) is 0 Å². The number of benzene rings is 1. The first kappa shape index (κ1) is 12.1. The summed E-state index contributed by atoms with van der Waals surface area (Å²) in [4.78, 5) is 0. The highest BCUT2D eigenvalue weighted by Crippen LogP contribution is 2.23. The molecular formula is C11H12FN3OS. The van der Waals surface area contributed by atoms with Gasteiger partial charge in [0.25, 0.3) is 0 Å². The molecule has 17 heavy (non-hydrogen) atoms. The van der Waals surface area contributed by atoms with E-state index < -0.39 is 18.8 Å². The number of hydrogen-bond donors (Lipinski definition) is 2. The lowest BCUT2D eigenvalue weighted by atomic mass is 10.0. The molecule has 2 atom stereocenters. The molecule has 0 saturated carbocycles. The van der Waals surface area contributed by atoms with Gasteiger partial charge in [-0.2, -0.15) is 0 Å². The lowest BCUT2D eigenvalue weighted by molar-refractivity contribution is 0.132. The van der Waals surface area contributed by atoms with Crippen LogP contribution in [0.25, 0.3) is 10.6 Å². The van der Waals surface area contributed by atoms with Crippen molar-refractivity contribution in [1.82, 2.24) is 10.2 Å². The van der Waals surface area contributed by atoms with Crippen LogP contribution in [0.5, 0.6) is 0 Å². The van der Waals surface area contributed by atoms with Crippen LogP contribution in [0.3, 0.4) is 0 Å². The van der Waals surface area contributed by atoms with Crippen LogP contribution >= 0.6 is 11.3 Å². The molecule has 0 saturated heterocycles. The highest BCUT2D eigenvalue weighted by molar-refractivity contribution is 7.12. The average molecular weight is 253 g/mol. The fourth-order valence-corrected chi connectivity index (χ4v) is 2.01. The molecule has 0 aliphatic rings. The van der Waals surface area contributed by atoms with Crippen LogP contribution in [0.15, 0.2) is 29.8 Å². The van der Waals surface area contributed by atoms with Gasteiger partial charge in [0.05, 0.1) is 12.1 Å². The van der Waals surface area contributed by atoms with E-state index in [2.05, 4.69) is 10.2 Å². The Bertz CT molecular complexity index is 460. The van der Waals surface area contributed by atoms with Gasteiger partial charge in [0.1, 0.15) is 17.2 Å². The Morgan fingerprint density at radius 1 is 1.35 bits per heavy atom. The summed E-state index contributed by atoms with van der Waals surface area (Å²) in [6.45, 7) is -0.751. The first-order chi connectivity index (χ1) is 8.22. The SMILES string of the molecule is N[C@H](CF)[C@H](O)c1ccc(-c2nncs2)cc1. The number of aromatic nitrogens is 2. The molecule has 0 spiro atoms. The molecule has 90 valence electrons. The molecule has 1 heterocycles. The summed E-state index contributed by atoms with van der Waals surface area (Å²) in [5.74, 6) is 0. The fraction of sp³-hybridized carbons (Fsp3) is 0.273. The Labute approximate surface area is 102 Å². The maximum atomic E-state index is 12.3. The number of hydrogen-bond acceptors (Lipinski definition) is 5. The topological polar surface area (TPSA) is 72.0 Å². The minimum atomic E-state index is -0.983. The van der Waals surface area contributed by atoms with Crippen LogP contribution in [-0.2, 0) is 0 Å². The highest BCUT2D eigenvalue weighted by Gasteiger charge is 2.16. The van der Waals surface area contributed by atoms with Crippen LogP contribution in [0, 0.1) is 0 Å². The zero-order valence-electron chi connectivity index (χ0n) is 8.95. The maximum Gasteiger partial charge on any atom is 0.147 e. The molecule has 3 N–H and O–H groups in total. The zero-order valence-corrected chi connectivity index (χ0v) is 9.77. The third-order valence-electron chi connectivity index (χ3n) is 2.44. The Morgan fingerprint density at radius 2 is 2.06 bits per heavy atom. The first-order valence-corrected chi connectivity index (χ1v) is 5.96. The predicted octanol–water partition coefficient (Wildman–Crippen LogP) is 1.54. The normalized spacial score (nSPS) is 14.5. The Hall–Kier alpha value is -1.37. The van der Waals surface area contributed by atoms with Crippen LogP contribution in [0.1, 0.15) is 11.7 Å². The second-order valence-corrected chi connectivity index (χ2v) is 4.46. The summed E-state index contributed by atoms with van der Waals surface area (Å²) >= 11 is 1.43. The minimum Gasteiger partial charge on any atom is -0.387 e. The number of alkyl halides is 1. The quantitative estimate of drug-likeness (QED) is 0.867. The van der Waals surface area contributed by atoms with Gasteiger partial charge in [-0.05, 0) is 5.56 Å². The fourth-order valence-electron chi connectivity index (χ4n) is 1.45. The van der Waals surface area contributed by atoms with Gasteiger partial charge in [-0.25, -0.2) is 4.39 Å². The molecule has 1 aromatic heterocycles. The predicted molar refractivity (Wildman–Crippen MR) is 64.3 cm³/mol. The number of halogens is 1. The number of nitrogens with two attached hydrogens (primary N) is 1. The third-order valence-corrected chi connectivity index (χ3v) is 3.18. The Morgan fingerprint density at radius 3 is 2.59 bits per heavy atom.